The van der Waals surface area contributed by atoms with Crippen molar-refractivity contribution in [2.24, 2.45) is 4.36 Å². The highest BCUT2D eigenvalue weighted by atomic mass is 32.2. The van der Waals surface area contributed by atoms with Crippen LogP contribution in [0.4, 0.5) is 0 Å². The molecule has 0 radical (unpaired) electrons. The van der Waals surface area contributed by atoms with Crippen molar-refractivity contribution in [2.45, 2.75) is 11.8 Å². The molecule has 1 amide bonds. The SMILES string of the molecule is COc1ccc(S(C)(=O)=NC(=O)c2cncc(C#Cc3ccccc3C)c2)cc1OC. The van der Waals surface area contributed by atoms with Gasteiger partial charge in [-0.2, -0.15) is 4.36 Å². The van der Waals surface area contributed by atoms with E-state index in [0.717, 1.165) is 11.1 Å². The van der Waals surface area contributed by atoms with E-state index in [9.17, 15) is 9.00 Å². The zero-order chi connectivity index (χ0) is 22.4. The molecule has 7 heteroatoms. The van der Waals surface area contributed by atoms with Gasteiger partial charge in [0.2, 0.25) is 0 Å². The van der Waals surface area contributed by atoms with Crippen LogP contribution in [0.5, 0.6) is 11.5 Å². The highest BCUT2D eigenvalue weighted by Gasteiger charge is 2.15. The van der Waals surface area contributed by atoms with Gasteiger partial charge in [-0.05, 0) is 36.8 Å². The van der Waals surface area contributed by atoms with Gasteiger partial charge in [-0.15, -0.1) is 0 Å². The molecule has 31 heavy (non-hydrogen) atoms. The Balaban J connectivity index is 1.91. The normalized spacial score (nSPS) is 12.1. The number of nitrogens with zero attached hydrogens (tertiary/aromatic N) is 2. The van der Waals surface area contributed by atoms with E-state index in [4.69, 9.17) is 9.47 Å². The number of aromatic nitrogens is 1. The highest BCUT2D eigenvalue weighted by molar-refractivity contribution is 7.93. The number of methoxy groups -OCH3 is 2. The maximum atomic E-state index is 13.1. The summed E-state index contributed by atoms with van der Waals surface area (Å²) in [5.74, 6) is 6.37. The highest BCUT2D eigenvalue weighted by Crippen LogP contribution is 2.30. The van der Waals surface area contributed by atoms with Crippen LogP contribution in [-0.4, -0.2) is 35.6 Å². The van der Waals surface area contributed by atoms with Gasteiger partial charge in [0.1, 0.15) is 0 Å². The molecular weight excluding hydrogens is 412 g/mol. The quantitative estimate of drug-likeness (QED) is 0.578. The number of amides is 1. The molecular formula is C24H22N2O4S. The van der Waals surface area contributed by atoms with E-state index in [0.29, 0.717) is 22.0 Å². The molecule has 0 spiro atoms. The lowest BCUT2D eigenvalue weighted by Crippen LogP contribution is -2.05. The Morgan fingerprint density at radius 1 is 1.00 bits per heavy atom. The summed E-state index contributed by atoms with van der Waals surface area (Å²) in [6.07, 6.45) is 4.36. The molecule has 1 heterocycles. The summed E-state index contributed by atoms with van der Waals surface area (Å²) in [5, 5.41) is 0. The molecule has 3 aromatic rings. The van der Waals surface area contributed by atoms with Crippen LogP contribution >= 0.6 is 0 Å². The van der Waals surface area contributed by atoms with Crippen molar-refractivity contribution in [1.82, 2.24) is 4.98 Å². The predicted molar refractivity (Wildman–Crippen MR) is 120 cm³/mol. The summed E-state index contributed by atoms with van der Waals surface area (Å²) in [6.45, 7) is 1.98. The van der Waals surface area contributed by atoms with Gasteiger partial charge in [-0.25, -0.2) is 4.21 Å². The number of ether oxygens (including phenoxy) is 2. The van der Waals surface area contributed by atoms with E-state index in [1.54, 1.807) is 30.5 Å². The van der Waals surface area contributed by atoms with Crippen molar-refractivity contribution in [3.05, 3.63) is 83.2 Å². The van der Waals surface area contributed by atoms with Crippen molar-refractivity contribution in [2.75, 3.05) is 20.5 Å². The third kappa shape index (κ3) is 5.30. The van der Waals surface area contributed by atoms with E-state index >= 15 is 0 Å². The van der Waals surface area contributed by atoms with Crippen LogP contribution in [0.15, 0.2) is 70.2 Å². The van der Waals surface area contributed by atoms with E-state index in [2.05, 4.69) is 21.2 Å². The van der Waals surface area contributed by atoms with Crippen LogP contribution in [-0.2, 0) is 9.73 Å². The topological polar surface area (TPSA) is 77.9 Å². The third-order valence-corrected chi connectivity index (χ3v) is 6.16. The molecule has 3 rings (SSSR count). The van der Waals surface area contributed by atoms with Gasteiger partial charge in [0.25, 0.3) is 5.91 Å². The van der Waals surface area contributed by atoms with Gasteiger partial charge in [0.05, 0.1) is 34.4 Å². The van der Waals surface area contributed by atoms with Gasteiger partial charge in [-0.3, -0.25) is 9.78 Å². The summed E-state index contributed by atoms with van der Waals surface area (Å²) in [7, 11) is -0.0196. The van der Waals surface area contributed by atoms with Crippen molar-refractivity contribution in [1.29, 1.82) is 0 Å². The van der Waals surface area contributed by atoms with Crippen LogP contribution < -0.4 is 9.47 Å². The fourth-order valence-corrected chi connectivity index (χ4v) is 3.97. The zero-order valence-electron chi connectivity index (χ0n) is 17.7. The third-order valence-electron chi connectivity index (χ3n) is 4.52. The second kappa shape index (κ2) is 9.45. The average Bonchev–Trinajstić information content (AvgIpc) is 2.78. The molecule has 0 N–H and O–H groups in total. The molecule has 0 saturated heterocycles. The number of hydrogen-bond acceptors (Lipinski definition) is 5. The van der Waals surface area contributed by atoms with Crippen LogP contribution in [0.25, 0.3) is 0 Å². The van der Waals surface area contributed by atoms with E-state index in [1.165, 1.54) is 26.7 Å². The molecule has 0 aliphatic heterocycles. The summed E-state index contributed by atoms with van der Waals surface area (Å²) in [4.78, 5) is 17.1. The van der Waals surface area contributed by atoms with Crippen molar-refractivity contribution in [3.63, 3.8) is 0 Å². The lowest BCUT2D eigenvalue weighted by molar-refractivity contribution is 0.100. The molecule has 1 atom stereocenters. The van der Waals surface area contributed by atoms with Gasteiger partial charge < -0.3 is 9.47 Å². The molecule has 2 aromatic carbocycles. The Morgan fingerprint density at radius 2 is 1.74 bits per heavy atom. The molecule has 0 aliphatic carbocycles. The second-order valence-corrected chi connectivity index (χ2v) is 9.00. The maximum absolute atomic E-state index is 13.1. The fourth-order valence-electron chi connectivity index (χ4n) is 2.79. The van der Waals surface area contributed by atoms with Crippen LogP contribution in [0.3, 0.4) is 0 Å². The standard InChI is InChI=1S/C24H22N2O4S/c1-17-7-5-6-8-19(17)10-9-18-13-20(16-25-15-18)24(27)26-31(4,28)21-11-12-22(29-2)23(14-21)30-3/h5-8,11-16H,1-4H3. The lowest BCUT2D eigenvalue weighted by Gasteiger charge is -2.10. The molecule has 6 nitrogen and oxygen atoms in total. The number of aryl methyl sites for hydroxylation is 1. The first-order valence-corrected chi connectivity index (χ1v) is 11.3. The Morgan fingerprint density at radius 3 is 2.45 bits per heavy atom. The largest absolute Gasteiger partial charge is 0.493 e. The number of rotatable bonds is 4. The zero-order valence-corrected chi connectivity index (χ0v) is 18.5. The molecule has 1 aromatic heterocycles. The van der Waals surface area contributed by atoms with E-state index in [-0.39, 0.29) is 5.56 Å². The van der Waals surface area contributed by atoms with E-state index in [1.807, 2.05) is 31.2 Å². The number of pyridine rings is 1. The lowest BCUT2D eigenvalue weighted by atomic mass is 10.1. The Labute approximate surface area is 182 Å². The molecule has 0 bridgehead atoms. The number of hydrogen-bond donors (Lipinski definition) is 0. The Hall–Kier alpha value is -3.63. The summed E-state index contributed by atoms with van der Waals surface area (Å²) in [6, 6.07) is 14.1. The Bertz CT molecular complexity index is 1310. The van der Waals surface area contributed by atoms with Crippen molar-refractivity contribution >= 4 is 15.6 Å². The van der Waals surface area contributed by atoms with Crippen molar-refractivity contribution in [3.8, 4) is 23.3 Å². The minimum absolute atomic E-state index is 0.214. The summed E-state index contributed by atoms with van der Waals surface area (Å²) >= 11 is 0. The predicted octanol–water partition coefficient (Wildman–Crippen LogP) is 4.10. The van der Waals surface area contributed by atoms with Gasteiger partial charge in [-0.1, -0.05) is 30.0 Å². The molecule has 0 aliphatic rings. The minimum Gasteiger partial charge on any atom is -0.493 e. The number of carbonyl (C=O) groups excluding carboxylic acids is 1. The number of benzene rings is 2. The van der Waals surface area contributed by atoms with Gasteiger partial charge in [0, 0.05) is 35.8 Å². The van der Waals surface area contributed by atoms with Gasteiger partial charge in [0.15, 0.2) is 11.5 Å². The second-order valence-electron chi connectivity index (χ2n) is 6.74. The minimum atomic E-state index is -3.01. The monoisotopic (exact) mass is 434 g/mol. The van der Waals surface area contributed by atoms with Crippen molar-refractivity contribution < 1.29 is 18.5 Å². The summed E-state index contributed by atoms with van der Waals surface area (Å²) < 4.78 is 27.5. The first-order valence-electron chi connectivity index (χ1n) is 9.35. The van der Waals surface area contributed by atoms with E-state index < -0.39 is 15.6 Å². The van der Waals surface area contributed by atoms with Crippen LogP contribution in [0, 0.1) is 18.8 Å². The first-order chi connectivity index (χ1) is 14.8. The fraction of sp³-hybridized carbons (Fsp3) is 0.167. The summed E-state index contributed by atoms with van der Waals surface area (Å²) in [5.41, 5.74) is 2.74. The Kier molecular flexibility index (Phi) is 6.73. The molecule has 0 fully saturated rings. The molecule has 1 unspecified atom stereocenters. The maximum Gasteiger partial charge on any atom is 0.286 e. The molecule has 0 saturated carbocycles. The number of carbonyl (C=O) groups is 1. The first kappa shape index (κ1) is 22.1. The van der Waals surface area contributed by atoms with Gasteiger partial charge >= 0.3 is 0 Å². The van der Waals surface area contributed by atoms with Crippen LogP contribution in [0.1, 0.15) is 27.0 Å². The van der Waals surface area contributed by atoms with Crippen LogP contribution in [0.2, 0.25) is 0 Å². The smallest absolute Gasteiger partial charge is 0.286 e. The average molecular weight is 435 g/mol. The molecule has 158 valence electrons.